The van der Waals surface area contributed by atoms with Gasteiger partial charge >= 0.3 is 0 Å². The van der Waals surface area contributed by atoms with Gasteiger partial charge in [0.1, 0.15) is 0 Å². The lowest BCUT2D eigenvalue weighted by molar-refractivity contribution is -0.116. The number of ketones is 1. The summed E-state index contributed by atoms with van der Waals surface area (Å²) in [5.74, 6) is 0.272. The molecule has 226 valence electrons. The number of carbonyl (C=O) groups is 1. The number of rotatable bonds is 13. The predicted molar refractivity (Wildman–Crippen MR) is 185 cm³/mol. The molecule has 0 aromatic rings. The van der Waals surface area contributed by atoms with Gasteiger partial charge in [0.15, 0.2) is 5.78 Å². The summed E-state index contributed by atoms with van der Waals surface area (Å²) in [5, 5.41) is 9.77. The van der Waals surface area contributed by atoms with Gasteiger partial charge in [-0.1, -0.05) is 145 Å². The van der Waals surface area contributed by atoms with Gasteiger partial charge in [0, 0.05) is 6.42 Å². The van der Waals surface area contributed by atoms with Crippen molar-refractivity contribution in [2.75, 3.05) is 0 Å². The van der Waals surface area contributed by atoms with Crippen molar-refractivity contribution >= 4 is 5.78 Å². The molecule has 0 atom stereocenters. The van der Waals surface area contributed by atoms with Gasteiger partial charge in [-0.2, -0.15) is 0 Å². The normalized spacial score (nSPS) is 19.0. The Morgan fingerprint density at radius 2 is 1.12 bits per heavy atom. The molecule has 0 amide bonds. The molecule has 0 aromatic carbocycles. The molecule has 2 heteroatoms. The topological polar surface area (TPSA) is 37.3 Å². The van der Waals surface area contributed by atoms with Crippen LogP contribution in [0, 0.1) is 5.41 Å². The standard InChI is InChI=1S/C40H54O2/c1-31(19-13-21-33(3)22-14-23-34(4)25-16-29-40(9,10)42)17-11-12-18-32(2)20-15-24-35(5)26-27-37-36(6)38(41)28-30-39(37,7)8/h11-27,42H,28-30H2,1-10H3/b12-11+,19-13+,20-15+,22-14+,25-16-,27-26+,31-17+,32-18+,33-21+,34-23+,35-24+. The molecule has 0 aromatic heterocycles. The highest BCUT2D eigenvalue weighted by molar-refractivity contribution is 5.97. The molecule has 0 saturated carbocycles. The fourth-order valence-corrected chi connectivity index (χ4v) is 4.25. The second-order valence-corrected chi connectivity index (χ2v) is 12.6. The van der Waals surface area contributed by atoms with E-state index in [0.717, 1.165) is 28.7 Å². The predicted octanol–water partition coefficient (Wildman–Crippen LogP) is 10.9. The third-order valence-corrected chi connectivity index (χ3v) is 7.02. The van der Waals surface area contributed by atoms with Crippen LogP contribution in [0.4, 0.5) is 0 Å². The molecule has 0 bridgehead atoms. The largest absolute Gasteiger partial charge is 0.390 e. The highest BCUT2D eigenvalue weighted by Gasteiger charge is 2.30. The number of carbonyl (C=O) groups excluding carboxylic acids is 1. The van der Waals surface area contributed by atoms with Gasteiger partial charge in [0.25, 0.3) is 0 Å². The molecule has 0 heterocycles. The van der Waals surface area contributed by atoms with E-state index < -0.39 is 5.60 Å². The summed E-state index contributed by atoms with van der Waals surface area (Å²) in [6.07, 6.45) is 37.5. The van der Waals surface area contributed by atoms with E-state index in [0.29, 0.717) is 12.8 Å². The first-order valence-corrected chi connectivity index (χ1v) is 15.0. The van der Waals surface area contributed by atoms with Gasteiger partial charge in [-0.3, -0.25) is 4.79 Å². The van der Waals surface area contributed by atoms with Crippen molar-refractivity contribution in [1.82, 2.24) is 0 Å². The third-order valence-electron chi connectivity index (χ3n) is 7.02. The van der Waals surface area contributed by atoms with Crippen LogP contribution in [0.15, 0.2) is 142 Å². The maximum Gasteiger partial charge on any atom is 0.158 e. The number of hydrogen-bond acceptors (Lipinski definition) is 2. The highest BCUT2D eigenvalue weighted by atomic mass is 16.3. The Hall–Kier alpha value is -3.49. The smallest absolute Gasteiger partial charge is 0.158 e. The third kappa shape index (κ3) is 16.1. The van der Waals surface area contributed by atoms with Crippen molar-refractivity contribution in [3.63, 3.8) is 0 Å². The van der Waals surface area contributed by atoms with Gasteiger partial charge < -0.3 is 5.11 Å². The lowest BCUT2D eigenvalue weighted by atomic mass is 9.72. The number of Topliss-reactive ketones (excluding diaryl/α,β-unsaturated/α-hetero) is 1. The Balaban J connectivity index is 2.63. The van der Waals surface area contributed by atoms with Crippen molar-refractivity contribution < 1.29 is 9.90 Å². The lowest BCUT2D eigenvalue weighted by Gasteiger charge is -2.32. The first-order chi connectivity index (χ1) is 19.6. The van der Waals surface area contributed by atoms with E-state index in [9.17, 15) is 9.90 Å². The molecule has 0 radical (unpaired) electrons. The molecule has 0 aliphatic heterocycles. The van der Waals surface area contributed by atoms with Crippen LogP contribution in [0.1, 0.15) is 88.5 Å². The van der Waals surface area contributed by atoms with Crippen LogP contribution in [0.3, 0.4) is 0 Å². The second-order valence-electron chi connectivity index (χ2n) is 12.6. The zero-order valence-corrected chi connectivity index (χ0v) is 27.8. The van der Waals surface area contributed by atoms with E-state index in [4.69, 9.17) is 0 Å². The minimum atomic E-state index is -0.668. The van der Waals surface area contributed by atoms with Crippen molar-refractivity contribution in [3.05, 3.63) is 142 Å². The van der Waals surface area contributed by atoms with E-state index in [1.165, 1.54) is 16.7 Å². The van der Waals surface area contributed by atoms with Crippen LogP contribution in [0.5, 0.6) is 0 Å². The van der Waals surface area contributed by atoms with Gasteiger partial charge in [-0.15, -0.1) is 0 Å². The molecule has 1 rings (SSSR count). The number of hydrogen-bond donors (Lipinski definition) is 1. The lowest BCUT2D eigenvalue weighted by Crippen LogP contribution is -2.24. The van der Waals surface area contributed by atoms with Crippen LogP contribution < -0.4 is 0 Å². The fraction of sp³-hybridized carbons (Fsp3) is 0.375. The maximum absolute atomic E-state index is 12.1. The molecular formula is C40H54O2. The summed E-state index contributed by atoms with van der Waals surface area (Å²) >= 11 is 0. The van der Waals surface area contributed by atoms with Crippen LogP contribution in [-0.2, 0) is 4.79 Å². The van der Waals surface area contributed by atoms with Crippen molar-refractivity contribution in [1.29, 1.82) is 0 Å². The molecule has 0 saturated heterocycles. The summed E-state index contributed by atoms with van der Waals surface area (Å²) in [5.41, 5.74) is 7.25. The summed E-state index contributed by atoms with van der Waals surface area (Å²) in [6, 6.07) is 0. The number of aliphatic hydroxyl groups is 1. The first-order valence-electron chi connectivity index (χ1n) is 15.0. The quantitative estimate of drug-likeness (QED) is 0.225. The summed E-state index contributed by atoms with van der Waals surface area (Å²) in [6.45, 7) is 20.4. The summed E-state index contributed by atoms with van der Waals surface area (Å²) < 4.78 is 0. The van der Waals surface area contributed by atoms with Crippen LogP contribution in [0.2, 0.25) is 0 Å². The Labute approximate surface area is 257 Å². The van der Waals surface area contributed by atoms with Gasteiger partial charge in [0.2, 0.25) is 0 Å². The van der Waals surface area contributed by atoms with Gasteiger partial charge in [-0.05, 0) is 84.8 Å². The Morgan fingerprint density at radius 3 is 1.57 bits per heavy atom. The average molecular weight is 567 g/mol. The highest BCUT2D eigenvalue weighted by Crippen LogP contribution is 2.39. The molecule has 1 aliphatic carbocycles. The molecule has 1 N–H and O–H groups in total. The van der Waals surface area contributed by atoms with Gasteiger partial charge in [-0.25, -0.2) is 0 Å². The number of allylic oxidation sites excluding steroid dienone is 23. The molecule has 0 unspecified atom stereocenters. The Bertz CT molecular complexity index is 1290. The zero-order chi connectivity index (χ0) is 31.8. The molecule has 2 nitrogen and oxygen atoms in total. The fourth-order valence-electron chi connectivity index (χ4n) is 4.25. The monoisotopic (exact) mass is 566 g/mol. The van der Waals surface area contributed by atoms with Crippen LogP contribution >= 0.6 is 0 Å². The maximum atomic E-state index is 12.1. The Kier molecular flexibility index (Phi) is 15.8. The summed E-state index contributed by atoms with van der Waals surface area (Å²) in [7, 11) is 0. The van der Waals surface area contributed by atoms with Crippen LogP contribution in [0.25, 0.3) is 0 Å². The Morgan fingerprint density at radius 1 is 0.714 bits per heavy atom. The van der Waals surface area contributed by atoms with Crippen molar-refractivity contribution in [2.24, 2.45) is 5.41 Å². The van der Waals surface area contributed by atoms with Crippen LogP contribution in [-0.4, -0.2) is 16.5 Å². The van der Waals surface area contributed by atoms with E-state index in [2.05, 4.69) is 134 Å². The van der Waals surface area contributed by atoms with E-state index in [1.807, 2.05) is 39.0 Å². The summed E-state index contributed by atoms with van der Waals surface area (Å²) in [4.78, 5) is 12.1. The van der Waals surface area contributed by atoms with Crippen molar-refractivity contribution in [3.8, 4) is 0 Å². The van der Waals surface area contributed by atoms with Crippen molar-refractivity contribution in [2.45, 2.75) is 94.1 Å². The molecule has 0 fully saturated rings. The van der Waals surface area contributed by atoms with E-state index in [1.54, 1.807) is 0 Å². The van der Waals surface area contributed by atoms with Gasteiger partial charge in [0.05, 0.1) is 5.60 Å². The molecule has 1 aliphatic rings. The first kappa shape index (κ1) is 36.5. The second kappa shape index (κ2) is 18.1. The van der Waals surface area contributed by atoms with E-state index >= 15 is 0 Å². The molecular weight excluding hydrogens is 512 g/mol. The molecule has 42 heavy (non-hydrogen) atoms. The minimum absolute atomic E-state index is 0.0425. The zero-order valence-electron chi connectivity index (χ0n) is 27.8. The van der Waals surface area contributed by atoms with E-state index in [-0.39, 0.29) is 11.2 Å². The average Bonchev–Trinajstić information content (AvgIpc) is 2.88. The SMILES string of the molecule is CC1=C(/C=C/C(C)=C/C=C/C(C)=C/C=C/C=C(C)/C=C/C=C(C)/C=C/C=C(C)/C=C\CC(C)(C)O)C(C)(C)CCC1=O. The molecule has 0 spiro atoms. The minimum Gasteiger partial charge on any atom is -0.390 e.